The van der Waals surface area contributed by atoms with Crippen molar-refractivity contribution in [3.8, 4) is 5.75 Å². The first-order valence-corrected chi connectivity index (χ1v) is 8.28. The Balaban J connectivity index is 1.96. The van der Waals surface area contributed by atoms with E-state index >= 15 is 0 Å². The van der Waals surface area contributed by atoms with E-state index in [4.69, 9.17) is 9.72 Å². The summed E-state index contributed by atoms with van der Waals surface area (Å²) in [5, 5.41) is 0. The minimum absolute atomic E-state index is 0.641. The molecule has 0 radical (unpaired) electrons. The number of nitrogens with zero attached hydrogens (tertiary/aromatic N) is 2. The second kappa shape index (κ2) is 6.86. The maximum absolute atomic E-state index is 5.24. The fraction of sp³-hybridized carbons (Fsp3) is 0.350. The van der Waals surface area contributed by atoms with Gasteiger partial charge >= 0.3 is 0 Å². The van der Waals surface area contributed by atoms with Crippen LogP contribution in [0.1, 0.15) is 31.7 Å². The number of ether oxygens (including phenoxy) is 1. The van der Waals surface area contributed by atoms with Gasteiger partial charge < -0.3 is 9.30 Å². The van der Waals surface area contributed by atoms with Crippen LogP contribution in [-0.4, -0.2) is 16.7 Å². The molecular formula is C20H24N2O. The maximum Gasteiger partial charge on any atom is 0.118 e. The van der Waals surface area contributed by atoms with Gasteiger partial charge in [0.2, 0.25) is 0 Å². The molecule has 3 aromatic rings. The van der Waals surface area contributed by atoms with Crippen LogP contribution in [0, 0.1) is 5.92 Å². The highest BCUT2D eigenvalue weighted by Gasteiger charge is 2.13. The van der Waals surface area contributed by atoms with Gasteiger partial charge in [-0.15, -0.1) is 0 Å². The number of imidazole rings is 1. The maximum atomic E-state index is 5.24. The SMILES string of the molecule is CC[C@H](C)Cn1c(Cc2ccc(OC)cc2)nc2ccccc21. The average Bonchev–Trinajstić information content (AvgIpc) is 2.93. The Bertz CT molecular complexity index is 774. The largest absolute Gasteiger partial charge is 0.497 e. The summed E-state index contributed by atoms with van der Waals surface area (Å²) in [5.41, 5.74) is 3.57. The smallest absolute Gasteiger partial charge is 0.118 e. The van der Waals surface area contributed by atoms with Crippen LogP contribution in [0.3, 0.4) is 0 Å². The summed E-state index contributed by atoms with van der Waals surface area (Å²) < 4.78 is 7.62. The van der Waals surface area contributed by atoms with Crippen LogP contribution in [0.5, 0.6) is 5.75 Å². The van der Waals surface area contributed by atoms with E-state index < -0.39 is 0 Å². The molecule has 3 rings (SSSR count). The van der Waals surface area contributed by atoms with Gasteiger partial charge in [0, 0.05) is 13.0 Å². The van der Waals surface area contributed by atoms with Gasteiger partial charge in [-0.2, -0.15) is 0 Å². The first-order chi connectivity index (χ1) is 11.2. The Kier molecular flexibility index (Phi) is 4.65. The second-order valence-corrected chi connectivity index (χ2v) is 6.17. The van der Waals surface area contributed by atoms with Crippen LogP contribution in [-0.2, 0) is 13.0 Å². The van der Waals surface area contributed by atoms with E-state index in [1.165, 1.54) is 17.5 Å². The molecule has 23 heavy (non-hydrogen) atoms. The number of fused-ring (bicyclic) bond motifs is 1. The lowest BCUT2D eigenvalue weighted by Crippen LogP contribution is -2.10. The van der Waals surface area contributed by atoms with Gasteiger partial charge in [-0.05, 0) is 35.7 Å². The predicted octanol–water partition coefficient (Wildman–Crippen LogP) is 4.68. The lowest BCUT2D eigenvalue weighted by atomic mass is 10.1. The number of rotatable bonds is 6. The molecule has 0 saturated carbocycles. The van der Waals surface area contributed by atoms with E-state index in [0.29, 0.717) is 5.92 Å². The van der Waals surface area contributed by atoms with Crippen molar-refractivity contribution in [3.63, 3.8) is 0 Å². The molecule has 0 unspecified atom stereocenters. The minimum Gasteiger partial charge on any atom is -0.497 e. The summed E-state index contributed by atoms with van der Waals surface area (Å²) in [6.45, 7) is 5.56. The molecule has 0 fully saturated rings. The van der Waals surface area contributed by atoms with Crippen molar-refractivity contribution in [2.45, 2.75) is 33.2 Å². The first kappa shape index (κ1) is 15.6. The van der Waals surface area contributed by atoms with Gasteiger partial charge in [0.15, 0.2) is 0 Å². The van der Waals surface area contributed by atoms with Crippen LogP contribution >= 0.6 is 0 Å². The molecule has 0 bridgehead atoms. The summed E-state index contributed by atoms with van der Waals surface area (Å²) in [6.07, 6.45) is 2.02. The molecule has 3 nitrogen and oxygen atoms in total. The lowest BCUT2D eigenvalue weighted by Gasteiger charge is -2.14. The summed E-state index contributed by atoms with van der Waals surface area (Å²) in [5.74, 6) is 2.67. The summed E-state index contributed by atoms with van der Waals surface area (Å²) in [4.78, 5) is 4.87. The number of para-hydroxylation sites is 2. The number of hydrogen-bond acceptors (Lipinski definition) is 2. The quantitative estimate of drug-likeness (QED) is 0.661. The third-order valence-corrected chi connectivity index (χ3v) is 4.45. The first-order valence-electron chi connectivity index (χ1n) is 8.28. The van der Waals surface area contributed by atoms with Gasteiger partial charge in [-0.1, -0.05) is 44.5 Å². The van der Waals surface area contributed by atoms with Crippen LogP contribution in [0.15, 0.2) is 48.5 Å². The zero-order valence-corrected chi connectivity index (χ0v) is 14.1. The molecule has 0 N–H and O–H groups in total. The Morgan fingerprint density at radius 1 is 1.09 bits per heavy atom. The Hall–Kier alpha value is -2.29. The van der Waals surface area contributed by atoms with Crippen molar-refractivity contribution >= 4 is 11.0 Å². The summed E-state index contributed by atoms with van der Waals surface area (Å²) >= 11 is 0. The van der Waals surface area contributed by atoms with E-state index in [-0.39, 0.29) is 0 Å². The Morgan fingerprint density at radius 3 is 2.52 bits per heavy atom. The molecule has 0 aliphatic rings. The number of methoxy groups -OCH3 is 1. The van der Waals surface area contributed by atoms with Gasteiger partial charge in [-0.25, -0.2) is 4.98 Å². The van der Waals surface area contributed by atoms with Gasteiger partial charge in [-0.3, -0.25) is 0 Å². The lowest BCUT2D eigenvalue weighted by molar-refractivity contribution is 0.414. The van der Waals surface area contributed by atoms with E-state index in [0.717, 1.165) is 30.1 Å². The molecular weight excluding hydrogens is 284 g/mol. The van der Waals surface area contributed by atoms with Crippen molar-refractivity contribution in [3.05, 3.63) is 59.9 Å². The van der Waals surface area contributed by atoms with E-state index in [1.807, 2.05) is 12.1 Å². The molecule has 1 heterocycles. The van der Waals surface area contributed by atoms with E-state index in [1.54, 1.807) is 7.11 Å². The highest BCUT2D eigenvalue weighted by Crippen LogP contribution is 2.21. The zero-order chi connectivity index (χ0) is 16.2. The summed E-state index contributed by atoms with van der Waals surface area (Å²) in [6, 6.07) is 16.7. The normalized spacial score (nSPS) is 12.5. The highest BCUT2D eigenvalue weighted by atomic mass is 16.5. The van der Waals surface area contributed by atoms with Crippen molar-refractivity contribution in [1.82, 2.24) is 9.55 Å². The van der Waals surface area contributed by atoms with Crippen molar-refractivity contribution in [1.29, 1.82) is 0 Å². The van der Waals surface area contributed by atoms with E-state index in [2.05, 4.69) is 54.8 Å². The molecule has 120 valence electrons. The standard InChI is InChI=1S/C20H24N2O/c1-4-15(2)14-22-19-8-6-5-7-18(19)21-20(22)13-16-9-11-17(23-3)12-10-16/h5-12,15H,4,13-14H2,1-3H3/t15-/m0/s1. The molecule has 1 atom stereocenters. The van der Waals surface area contributed by atoms with Crippen LogP contribution in [0.25, 0.3) is 11.0 Å². The van der Waals surface area contributed by atoms with Crippen LogP contribution < -0.4 is 4.74 Å². The van der Waals surface area contributed by atoms with Gasteiger partial charge in [0.05, 0.1) is 18.1 Å². The topological polar surface area (TPSA) is 27.1 Å². The number of hydrogen-bond donors (Lipinski definition) is 0. The zero-order valence-electron chi connectivity index (χ0n) is 14.1. The predicted molar refractivity (Wildman–Crippen MR) is 95.0 cm³/mol. The van der Waals surface area contributed by atoms with Crippen molar-refractivity contribution in [2.75, 3.05) is 7.11 Å². The fourth-order valence-electron chi connectivity index (χ4n) is 2.83. The van der Waals surface area contributed by atoms with Crippen LogP contribution in [0.2, 0.25) is 0 Å². The van der Waals surface area contributed by atoms with E-state index in [9.17, 15) is 0 Å². The van der Waals surface area contributed by atoms with Crippen molar-refractivity contribution < 1.29 is 4.74 Å². The van der Waals surface area contributed by atoms with Crippen LogP contribution in [0.4, 0.5) is 0 Å². The molecule has 1 aromatic heterocycles. The third-order valence-electron chi connectivity index (χ3n) is 4.45. The number of aromatic nitrogens is 2. The molecule has 0 aliphatic heterocycles. The third kappa shape index (κ3) is 3.39. The number of benzene rings is 2. The highest BCUT2D eigenvalue weighted by molar-refractivity contribution is 5.76. The Labute approximate surface area is 137 Å². The molecule has 0 spiro atoms. The molecule has 2 aromatic carbocycles. The summed E-state index contributed by atoms with van der Waals surface area (Å²) in [7, 11) is 1.70. The van der Waals surface area contributed by atoms with Gasteiger partial charge in [0.1, 0.15) is 11.6 Å². The monoisotopic (exact) mass is 308 g/mol. The molecule has 3 heteroatoms. The average molecular weight is 308 g/mol. The molecule has 0 saturated heterocycles. The fourth-order valence-corrected chi connectivity index (χ4v) is 2.83. The Morgan fingerprint density at radius 2 is 1.83 bits per heavy atom. The second-order valence-electron chi connectivity index (χ2n) is 6.17. The molecule has 0 aliphatic carbocycles. The minimum atomic E-state index is 0.641. The van der Waals surface area contributed by atoms with Crippen molar-refractivity contribution in [2.24, 2.45) is 5.92 Å². The molecule has 0 amide bonds. The van der Waals surface area contributed by atoms with Gasteiger partial charge in [0.25, 0.3) is 0 Å².